The molecule has 25 heavy (non-hydrogen) atoms. The number of carbonyl (C=O) groups is 2. The van der Waals surface area contributed by atoms with E-state index >= 15 is 0 Å². The van der Waals surface area contributed by atoms with Crippen LogP contribution in [0.4, 0.5) is 11.4 Å². The van der Waals surface area contributed by atoms with Crippen molar-refractivity contribution in [2.45, 2.75) is 38.5 Å². The number of nitrogens with zero attached hydrogens (tertiary/aromatic N) is 1. The normalized spacial score (nSPS) is 17.4. The Balaban J connectivity index is 1.52. The van der Waals surface area contributed by atoms with Gasteiger partial charge in [0.1, 0.15) is 0 Å². The number of amides is 2. The smallest absolute Gasteiger partial charge is 0.268 e. The molecule has 1 saturated carbocycles. The summed E-state index contributed by atoms with van der Waals surface area (Å²) in [6.07, 6.45) is 6.36. The highest BCUT2D eigenvalue weighted by atomic mass is 32.1. The molecule has 1 fully saturated rings. The number of nitrogens with one attached hydrogen (secondary N) is 1. The van der Waals surface area contributed by atoms with Crippen LogP contribution in [0.1, 0.15) is 47.3 Å². The average molecular weight is 354 g/mol. The summed E-state index contributed by atoms with van der Waals surface area (Å²) in [6, 6.07) is 9.70. The Hall–Kier alpha value is -2.14. The highest BCUT2D eigenvalue weighted by molar-refractivity contribution is 7.12. The Kier molecular flexibility index (Phi) is 4.57. The van der Waals surface area contributed by atoms with Gasteiger partial charge in [-0.05, 0) is 48.4 Å². The number of fused-ring (bicyclic) bond motifs is 1. The largest absolute Gasteiger partial charge is 0.326 e. The minimum absolute atomic E-state index is 0.0458. The SMILES string of the molecule is O=C(Nc1ccc2c(c1)N(C(=O)c1cccs1)CC2)C1CCCCC1. The first-order valence-corrected chi connectivity index (χ1v) is 9.89. The van der Waals surface area contributed by atoms with Gasteiger partial charge in [0.2, 0.25) is 5.91 Å². The van der Waals surface area contributed by atoms with Crippen LogP contribution in [0, 0.1) is 5.92 Å². The Morgan fingerprint density at radius 2 is 1.96 bits per heavy atom. The Labute approximate surface area is 151 Å². The summed E-state index contributed by atoms with van der Waals surface area (Å²) in [5.74, 6) is 0.296. The van der Waals surface area contributed by atoms with Crippen LogP contribution in [0.5, 0.6) is 0 Å². The molecule has 2 aromatic rings. The molecule has 1 aromatic heterocycles. The molecule has 130 valence electrons. The van der Waals surface area contributed by atoms with Gasteiger partial charge in [-0.25, -0.2) is 0 Å². The van der Waals surface area contributed by atoms with Crippen LogP contribution in [0.15, 0.2) is 35.7 Å². The van der Waals surface area contributed by atoms with Gasteiger partial charge in [0, 0.05) is 23.8 Å². The van der Waals surface area contributed by atoms with Crippen LogP contribution in [0.25, 0.3) is 0 Å². The van der Waals surface area contributed by atoms with Gasteiger partial charge >= 0.3 is 0 Å². The molecule has 0 saturated heterocycles. The van der Waals surface area contributed by atoms with E-state index in [0.29, 0.717) is 6.54 Å². The summed E-state index contributed by atoms with van der Waals surface area (Å²) in [7, 11) is 0. The summed E-state index contributed by atoms with van der Waals surface area (Å²) < 4.78 is 0. The predicted octanol–water partition coefficient (Wildman–Crippen LogP) is 4.47. The molecule has 1 aliphatic heterocycles. The number of hydrogen-bond acceptors (Lipinski definition) is 3. The molecule has 1 aliphatic carbocycles. The van der Waals surface area contributed by atoms with E-state index in [0.717, 1.165) is 48.4 Å². The molecule has 0 bridgehead atoms. The topological polar surface area (TPSA) is 49.4 Å². The van der Waals surface area contributed by atoms with E-state index in [1.165, 1.54) is 23.3 Å². The molecule has 0 unspecified atom stereocenters. The summed E-state index contributed by atoms with van der Waals surface area (Å²) in [6.45, 7) is 0.700. The van der Waals surface area contributed by atoms with Crippen molar-refractivity contribution in [3.63, 3.8) is 0 Å². The lowest BCUT2D eigenvalue weighted by atomic mass is 9.88. The highest BCUT2D eigenvalue weighted by Gasteiger charge is 2.27. The Morgan fingerprint density at radius 3 is 2.72 bits per heavy atom. The second-order valence-electron chi connectivity index (χ2n) is 6.85. The molecule has 2 heterocycles. The minimum Gasteiger partial charge on any atom is -0.326 e. The average Bonchev–Trinajstić information content (AvgIpc) is 3.31. The third-order valence-corrected chi connectivity index (χ3v) is 6.06. The van der Waals surface area contributed by atoms with Crippen molar-refractivity contribution in [2.75, 3.05) is 16.8 Å². The van der Waals surface area contributed by atoms with E-state index < -0.39 is 0 Å². The second kappa shape index (κ2) is 7.00. The maximum Gasteiger partial charge on any atom is 0.268 e. The summed E-state index contributed by atoms with van der Waals surface area (Å²) in [4.78, 5) is 27.8. The van der Waals surface area contributed by atoms with Crippen LogP contribution >= 0.6 is 11.3 Å². The molecule has 1 N–H and O–H groups in total. The van der Waals surface area contributed by atoms with Crippen LogP contribution in [0.2, 0.25) is 0 Å². The van der Waals surface area contributed by atoms with Crippen molar-refractivity contribution in [2.24, 2.45) is 5.92 Å². The number of anilines is 2. The fraction of sp³-hybridized carbons (Fsp3) is 0.400. The lowest BCUT2D eigenvalue weighted by Crippen LogP contribution is -2.28. The molecule has 2 amide bonds. The van der Waals surface area contributed by atoms with Crippen molar-refractivity contribution in [3.05, 3.63) is 46.2 Å². The summed E-state index contributed by atoms with van der Waals surface area (Å²) >= 11 is 1.47. The van der Waals surface area contributed by atoms with E-state index in [4.69, 9.17) is 0 Å². The van der Waals surface area contributed by atoms with Crippen molar-refractivity contribution >= 4 is 34.5 Å². The third-order valence-electron chi connectivity index (χ3n) is 5.20. The zero-order valence-corrected chi connectivity index (χ0v) is 15.0. The van der Waals surface area contributed by atoms with Crippen LogP contribution in [-0.4, -0.2) is 18.4 Å². The van der Waals surface area contributed by atoms with Crippen LogP contribution < -0.4 is 10.2 Å². The second-order valence-corrected chi connectivity index (χ2v) is 7.80. The molecule has 0 atom stereocenters. The third kappa shape index (κ3) is 3.33. The zero-order valence-electron chi connectivity index (χ0n) is 14.2. The van der Waals surface area contributed by atoms with Crippen LogP contribution in [0.3, 0.4) is 0 Å². The van der Waals surface area contributed by atoms with Gasteiger partial charge in [0.25, 0.3) is 5.91 Å². The maximum atomic E-state index is 12.7. The monoisotopic (exact) mass is 354 g/mol. The quantitative estimate of drug-likeness (QED) is 0.884. The molecule has 0 spiro atoms. The Bertz CT molecular complexity index is 779. The zero-order chi connectivity index (χ0) is 17.2. The number of rotatable bonds is 3. The van der Waals surface area contributed by atoms with E-state index in [9.17, 15) is 9.59 Å². The standard InChI is InChI=1S/C20H22N2O2S/c23-19(15-5-2-1-3-6-15)21-16-9-8-14-10-11-22(17(14)13-16)20(24)18-7-4-12-25-18/h4,7-9,12-13,15H,1-3,5-6,10-11H2,(H,21,23). The number of benzene rings is 1. The summed E-state index contributed by atoms with van der Waals surface area (Å²) in [5.41, 5.74) is 2.89. The van der Waals surface area contributed by atoms with Gasteiger partial charge < -0.3 is 10.2 Å². The van der Waals surface area contributed by atoms with Crippen molar-refractivity contribution < 1.29 is 9.59 Å². The van der Waals surface area contributed by atoms with E-state index in [1.807, 2.05) is 40.6 Å². The van der Waals surface area contributed by atoms with E-state index in [2.05, 4.69) is 5.32 Å². The fourth-order valence-electron chi connectivity index (χ4n) is 3.81. The van der Waals surface area contributed by atoms with Crippen LogP contribution in [-0.2, 0) is 11.2 Å². The molecule has 5 heteroatoms. The lowest BCUT2D eigenvalue weighted by molar-refractivity contribution is -0.120. The first kappa shape index (κ1) is 16.3. The van der Waals surface area contributed by atoms with E-state index in [1.54, 1.807) is 0 Å². The predicted molar refractivity (Wildman–Crippen MR) is 101 cm³/mol. The number of carbonyl (C=O) groups excluding carboxylic acids is 2. The maximum absolute atomic E-state index is 12.7. The number of hydrogen-bond donors (Lipinski definition) is 1. The Morgan fingerprint density at radius 1 is 1.12 bits per heavy atom. The van der Waals surface area contributed by atoms with Gasteiger partial charge in [-0.2, -0.15) is 0 Å². The first-order chi connectivity index (χ1) is 12.2. The molecule has 1 aromatic carbocycles. The van der Waals surface area contributed by atoms with Gasteiger partial charge in [-0.3, -0.25) is 9.59 Å². The highest BCUT2D eigenvalue weighted by Crippen LogP contribution is 2.33. The molecular formula is C20H22N2O2S. The summed E-state index contributed by atoms with van der Waals surface area (Å²) in [5, 5.41) is 4.98. The van der Waals surface area contributed by atoms with Crippen molar-refractivity contribution in [1.29, 1.82) is 0 Å². The molecule has 2 aliphatic rings. The lowest BCUT2D eigenvalue weighted by Gasteiger charge is -2.21. The molecule has 4 nitrogen and oxygen atoms in total. The van der Waals surface area contributed by atoms with Gasteiger partial charge in [-0.15, -0.1) is 11.3 Å². The molecule has 0 radical (unpaired) electrons. The van der Waals surface area contributed by atoms with Crippen molar-refractivity contribution in [3.8, 4) is 0 Å². The van der Waals surface area contributed by atoms with Crippen molar-refractivity contribution in [1.82, 2.24) is 0 Å². The van der Waals surface area contributed by atoms with Gasteiger partial charge in [0.15, 0.2) is 0 Å². The van der Waals surface area contributed by atoms with Gasteiger partial charge in [0.05, 0.1) is 4.88 Å². The molecular weight excluding hydrogens is 332 g/mol. The number of thiophene rings is 1. The minimum atomic E-state index is 0.0458. The fourth-order valence-corrected chi connectivity index (χ4v) is 4.48. The van der Waals surface area contributed by atoms with E-state index in [-0.39, 0.29) is 17.7 Å². The van der Waals surface area contributed by atoms with Gasteiger partial charge in [-0.1, -0.05) is 31.4 Å². The molecule has 4 rings (SSSR count). The first-order valence-electron chi connectivity index (χ1n) is 9.01.